The molecule has 0 atom stereocenters. The quantitative estimate of drug-likeness (QED) is 0.583. The highest BCUT2D eigenvalue weighted by atomic mass is 32.1. The Labute approximate surface area is 154 Å². The van der Waals surface area contributed by atoms with Crippen LogP contribution < -0.4 is 5.32 Å². The Morgan fingerprint density at radius 3 is 3.00 bits per heavy atom. The molecule has 1 N–H and O–H groups in total. The Balaban J connectivity index is 1.35. The largest absolute Gasteiger partial charge is 0.325 e. The molecule has 0 radical (unpaired) electrons. The lowest BCUT2D eigenvalue weighted by molar-refractivity contribution is -0.116. The van der Waals surface area contributed by atoms with Crippen molar-refractivity contribution in [3.8, 4) is 0 Å². The highest BCUT2D eigenvalue weighted by molar-refractivity contribution is 7.18. The van der Waals surface area contributed by atoms with Gasteiger partial charge in [0.05, 0.1) is 32.8 Å². The van der Waals surface area contributed by atoms with Crippen molar-refractivity contribution in [2.75, 3.05) is 5.32 Å². The van der Waals surface area contributed by atoms with Crippen LogP contribution in [0.2, 0.25) is 0 Å². The summed E-state index contributed by atoms with van der Waals surface area (Å²) in [6.07, 6.45) is 3.72. The smallest absolute Gasteiger partial charge is 0.224 e. The molecule has 6 nitrogen and oxygen atoms in total. The van der Waals surface area contributed by atoms with Crippen molar-refractivity contribution in [1.82, 2.24) is 19.7 Å². The minimum Gasteiger partial charge on any atom is -0.325 e. The molecule has 0 unspecified atom stereocenters. The van der Waals surface area contributed by atoms with Gasteiger partial charge in [0.15, 0.2) is 5.65 Å². The van der Waals surface area contributed by atoms with Crippen LogP contribution in [0.1, 0.15) is 23.5 Å². The number of fused-ring (bicyclic) bond motifs is 2. The molecule has 26 heavy (non-hydrogen) atoms. The topological polar surface area (TPSA) is 72.7 Å². The zero-order valence-corrected chi connectivity index (χ0v) is 15.5. The lowest BCUT2D eigenvalue weighted by Crippen LogP contribution is -2.11. The maximum Gasteiger partial charge on any atom is 0.224 e. The van der Waals surface area contributed by atoms with Crippen molar-refractivity contribution in [3.63, 3.8) is 0 Å². The highest BCUT2D eigenvalue weighted by Crippen LogP contribution is 2.23. The van der Waals surface area contributed by atoms with E-state index in [-0.39, 0.29) is 5.91 Å². The number of anilines is 1. The third-order valence-corrected chi connectivity index (χ3v) is 5.38. The summed E-state index contributed by atoms with van der Waals surface area (Å²) < 4.78 is 2.94. The minimum atomic E-state index is -0.00574. The fraction of sp³-hybridized carbons (Fsp3) is 0.263. The second-order valence-corrected chi connectivity index (χ2v) is 7.40. The van der Waals surface area contributed by atoms with Gasteiger partial charge < -0.3 is 5.32 Å². The summed E-state index contributed by atoms with van der Waals surface area (Å²) in [5.74, 6) is -0.00574. The average molecular weight is 365 g/mol. The van der Waals surface area contributed by atoms with Gasteiger partial charge in [-0.15, -0.1) is 11.3 Å². The monoisotopic (exact) mass is 365 g/mol. The van der Waals surface area contributed by atoms with Gasteiger partial charge in [0, 0.05) is 18.9 Å². The lowest BCUT2D eigenvalue weighted by atomic mass is 10.2. The number of rotatable bonds is 5. The van der Waals surface area contributed by atoms with Crippen LogP contribution in [0.4, 0.5) is 5.69 Å². The maximum absolute atomic E-state index is 12.2. The van der Waals surface area contributed by atoms with Crippen LogP contribution >= 0.6 is 11.3 Å². The van der Waals surface area contributed by atoms with E-state index in [2.05, 4.69) is 26.4 Å². The summed E-state index contributed by atoms with van der Waals surface area (Å²) >= 11 is 1.70. The highest BCUT2D eigenvalue weighted by Gasteiger charge is 2.10. The van der Waals surface area contributed by atoms with Crippen molar-refractivity contribution in [3.05, 3.63) is 47.2 Å². The average Bonchev–Trinajstić information content (AvgIpc) is 3.15. The Morgan fingerprint density at radius 2 is 2.15 bits per heavy atom. The molecular formula is C19H19N5OS. The third-order valence-electron chi connectivity index (χ3n) is 4.28. The maximum atomic E-state index is 12.2. The van der Waals surface area contributed by atoms with Gasteiger partial charge in [-0.1, -0.05) is 12.1 Å². The normalized spacial score (nSPS) is 11.3. The lowest BCUT2D eigenvalue weighted by Gasteiger charge is -2.05. The molecule has 3 heterocycles. The molecule has 1 aromatic carbocycles. The van der Waals surface area contributed by atoms with Crippen LogP contribution in [0.15, 0.2) is 36.5 Å². The minimum absolute atomic E-state index is 0.00574. The van der Waals surface area contributed by atoms with Crippen molar-refractivity contribution in [2.45, 2.75) is 26.2 Å². The standard InChI is InChI=1S/C19H19N5OS/c1-12-14-10-13(11-20-19(14)24(2)23-12)21-17(25)8-5-9-18-22-15-6-3-4-7-16(15)26-18/h3-4,6-7,10-11H,5,8-9H2,1-2H3,(H,21,25). The number of carbonyl (C=O) groups is 1. The van der Waals surface area contributed by atoms with E-state index in [0.717, 1.165) is 40.1 Å². The number of aromatic nitrogens is 4. The molecule has 0 bridgehead atoms. The summed E-state index contributed by atoms with van der Waals surface area (Å²) in [6.45, 7) is 1.94. The Kier molecular flexibility index (Phi) is 4.38. The molecule has 3 aromatic heterocycles. The van der Waals surface area contributed by atoms with E-state index in [9.17, 15) is 4.79 Å². The number of nitrogens with zero attached hydrogens (tertiary/aromatic N) is 4. The first-order valence-electron chi connectivity index (χ1n) is 8.54. The molecule has 0 saturated carbocycles. The second kappa shape index (κ2) is 6.84. The third kappa shape index (κ3) is 3.30. The Hall–Kier alpha value is -2.80. The molecular weight excluding hydrogens is 346 g/mol. The molecule has 4 aromatic rings. The van der Waals surface area contributed by atoms with Gasteiger partial charge in [0.25, 0.3) is 0 Å². The SMILES string of the molecule is Cc1nn(C)c2ncc(NC(=O)CCCc3nc4ccccc4s3)cc12. The van der Waals surface area contributed by atoms with Gasteiger partial charge in [0.1, 0.15) is 0 Å². The van der Waals surface area contributed by atoms with Crippen LogP contribution in [0.25, 0.3) is 21.3 Å². The molecule has 0 aliphatic heterocycles. The molecule has 0 aliphatic carbocycles. The first-order valence-corrected chi connectivity index (χ1v) is 9.35. The molecule has 0 saturated heterocycles. The van der Waals surface area contributed by atoms with E-state index in [1.165, 1.54) is 4.70 Å². The number of amides is 1. The van der Waals surface area contributed by atoms with Gasteiger partial charge in [0.2, 0.25) is 5.91 Å². The number of nitrogens with one attached hydrogen (secondary N) is 1. The van der Waals surface area contributed by atoms with Crippen molar-refractivity contribution in [2.24, 2.45) is 7.05 Å². The molecule has 0 fully saturated rings. The van der Waals surface area contributed by atoms with E-state index in [4.69, 9.17) is 0 Å². The first kappa shape index (κ1) is 16.7. The molecule has 0 spiro atoms. The summed E-state index contributed by atoms with van der Waals surface area (Å²) in [5.41, 5.74) is 3.46. The van der Waals surface area contributed by atoms with E-state index >= 15 is 0 Å². The number of hydrogen-bond donors (Lipinski definition) is 1. The van der Waals surface area contributed by atoms with Crippen LogP contribution in [0.3, 0.4) is 0 Å². The van der Waals surface area contributed by atoms with E-state index in [0.29, 0.717) is 12.1 Å². The fourth-order valence-corrected chi connectivity index (χ4v) is 4.04. The van der Waals surface area contributed by atoms with E-state index < -0.39 is 0 Å². The Bertz CT molecular complexity index is 1060. The first-order chi connectivity index (χ1) is 12.6. The Morgan fingerprint density at radius 1 is 1.31 bits per heavy atom. The van der Waals surface area contributed by atoms with E-state index in [1.54, 1.807) is 22.2 Å². The molecule has 4 rings (SSSR count). The zero-order valence-electron chi connectivity index (χ0n) is 14.7. The van der Waals surface area contributed by atoms with Crippen LogP contribution in [-0.4, -0.2) is 25.7 Å². The number of hydrogen-bond acceptors (Lipinski definition) is 5. The molecule has 0 aliphatic rings. The fourth-order valence-electron chi connectivity index (χ4n) is 3.03. The predicted molar refractivity (Wildman–Crippen MR) is 104 cm³/mol. The van der Waals surface area contributed by atoms with Crippen LogP contribution in [0, 0.1) is 6.92 Å². The van der Waals surface area contributed by atoms with Gasteiger partial charge in [-0.2, -0.15) is 5.10 Å². The van der Waals surface area contributed by atoms with Crippen molar-refractivity contribution in [1.29, 1.82) is 0 Å². The summed E-state index contributed by atoms with van der Waals surface area (Å²) in [4.78, 5) is 21.2. The van der Waals surface area contributed by atoms with Crippen molar-refractivity contribution < 1.29 is 4.79 Å². The summed E-state index contributed by atoms with van der Waals surface area (Å²) in [5, 5.41) is 9.31. The molecule has 1 amide bonds. The molecule has 132 valence electrons. The number of pyridine rings is 1. The number of para-hydroxylation sites is 1. The second-order valence-electron chi connectivity index (χ2n) is 6.28. The summed E-state index contributed by atoms with van der Waals surface area (Å²) in [7, 11) is 1.86. The number of carbonyl (C=O) groups excluding carboxylic acids is 1. The van der Waals surface area contributed by atoms with Crippen LogP contribution in [0.5, 0.6) is 0 Å². The number of thiazole rings is 1. The van der Waals surface area contributed by atoms with Gasteiger partial charge in [-0.05, 0) is 38.0 Å². The van der Waals surface area contributed by atoms with Gasteiger partial charge in [-0.25, -0.2) is 9.97 Å². The predicted octanol–water partition coefficient (Wildman–Crippen LogP) is 3.85. The van der Waals surface area contributed by atoms with E-state index in [1.807, 2.05) is 38.2 Å². The summed E-state index contributed by atoms with van der Waals surface area (Å²) in [6, 6.07) is 10.0. The van der Waals surface area contributed by atoms with Gasteiger partial charge >= 0.3 is 0 Å². The zero-order chi connectivity index (χ0) is 18.1. The number of benzene rings is 1. The van der Waals surface area contributed by atoms with Gasteiger partial charge in [-0.3, -0.25) is 9.48 Å². The van der Waals surface area contributed by atoms with Crippen LogP contribution in [-0.2, 0) is 18.3 Å². The molecule has 7 heteroatoms. The number of aryl methyl sites for hydroxylation is 3. The van der Waals surface area contributed by atoms with Crippen molar-refractivity contribution >= 4 is 44.2 Å².